The number of ketones is 1. The Bertz CT molecular complexity index is 588. The molecule has 2 aromatic rings. The number of carbonyl (C=O) groups excluding carboxylic acids is 1. The minimum Gasteiger partial charge on any atom is -0.374 e. The van der Waals surface area contributed by atoms with Crippen molar-refractivity contribution < 1.29 is 4.79 Å². The Kier molecular flexibility index (Phi) is 4.45. The molecule has 18 heavy (non-hydrogen) atoms. The smallest absolute Gasteiger partial charge is 0.203 e. The van der Waals surface area contributed by atoms with E-state index < -0.39 is 0 Å². The van der Waals surface area contributed by atoms with Crippen molar-refractivity contribution in [2.45, 2.75) is 4.34 Å². The van der Waals surface area contributed by atoms with Crippen LogP contribution in [0.5, 0.6) is 0 Å². The summed E-state index contributed by atoms with van der Waals surface area (Å²) in [5.74, 6) is 0.107. The standard InChI is InChI=1S/C10H7Cl2N3OS2/c11-5-1-2-7(12)6(3-5)8(16)4-17-10-15-14-9(13)18-10/h1-3H,4H2,(H2,13,14). The summed E-state index contributed by atoms with van der Waals surface area (Å²) in [6, 6.07) is 4.80. The van der Waals surface area contributed by atoms with Crippen LogP contribution in [0.4, 0.5) is 5.13 Å². The maximum Gasteiger partial charge on any atom is 0.203 e. The van der Waals surface area contributed by atoms with Gasteiger partial charge < -0.3 is 5.73 Å². The summed E-state index contributed by atoms with van der Waals surface area (Å²) in [6.07, 6.45) is 0. The lowest BCUT2D eigenvalue weighted by atomic mass is 10.1. The number of thioether (sulfide) groups is 1. The average Bonchev–Trinajstić information content (AvgIpc) is 2.75. The maximum absolute atomic E-state index is 12.0. The fourth-order valence-electron chi connectivity index (χ4n) is 1.19. The van der Waals surface area contributed by atoms with Gasteiger partial charge in [-0.3, -0.25) is 4.79 Å². The number of nitrogen functional groups attached to an aromatic ring is 1. The second kappa shape index (κ2) is 5.88. The van der Waals surface area contributed by atoms with Gasteiger partial charge in [0.1, 0.15) is 0 Å². The van der Waals surface area contributed by atoms with Gasteiger partial charge in [0.2, 0.25) is 5.13 Å². The predicted molar refractivity (Wildman–Crippen MR) is 75.8 cm³/mol. The lowest BCUT2D eigenvalue weighted by Gasteiger charge is -2.02. The minimum atomic E-state index is -0.110. The Morgan fingerprint density at radius 1 is 1.39 bits per heavy atom. The lowest BCUT2D eigenvalue weighted by Crippen LogP contribution is -2.03. The largest absolute Gasteiger partial charge is 0.374 e. The van der Waals surface area contributed by atoms with E-state index >= 15 is 0 Å². The monoisotopic (exact) mass is 319 g/mol. The number of carbonyl (C=O) groups is 1. The van der Waals surface area contributed by atoms with Crippen LogP contribution >= 0.6 is 46.3 Å². The third kappa shape index (κ3) is 3.35. The van der Waals surface area contributed by atoms with Gasteiger partial charge in [-0.15, -0.1) is 10.2 Å². The predicted octanol–water partition coefficient (Wildman–Crippen LogP) is 3.40. The van der Waals surface area contributed by atoms with Crippen molar-refractivity contribution in [2.24, 2.45) is 0 Å². The molecule has 0 bridgehead atoms. The van der Waals surface area contributed by atoms with Crippen molar-refractivity contribution in [2.75, 3.05) is 11.5 Å². The lowest BCUT2D eigenvalue weighted by molar-refractivity contribution is 0.102. The van der Waals surface area contributed by atoms with Crippen molar-refractivity contribution in [1.29, 1.82) is 0 Å². The summed E-state index contributed by atoms with van der Waals surface area (Å²) < 4.78 is 0.652. The highest BCUT2D eigenvalue weighted by molar-refractivity contribution is 8.01. The SMILES string of the molecule is Nc1nnc(SCC(=O)c2cc(Cl)ccc2Cl)s1. The van der Waals surface area contributed by atoms with Gasteiger partial charge in [0.15, 0.2) is 10.1 Å². The van der Waals surface area contributed by atoms with Gasteiger partial charge >= 0.3 is 0 Å². The minimum absolute atomic E-state index is 0.110. The first-order valence-corrected chi connectivity index (χ1v) is 7.32. The second-order valence-corrected chi connectivity index (χ2v) is 6.32. The zero-order valence-electron chi connectivity index (χ0n) is 8.89. The summed E-state index contributed by atoms with van der Waals surface area (Å²) in [5.41, 5.74) is 5.86. The number of Topliss-reactive ketones (excluding diaryl/α,β-unsaturated/α-hetero) is 1. The van der Waals surface area contributed by atoms with Crippen LogP contribution in [0.15, 0.2) is 22.5 Å². The highest BCUT2D eigenvalue weighted by atomic mass is 35.5. The Hall–Kier alpha value is -0.820. The topological polar surface area (TPSA) is 68.9 Å². The molecule has 0 amide bonds. The van der Waals surface area contributed by atoms with E-state index in [0.29, 0.717) is 25.1 Å². The van der Waals surface area contributed by atoms with E-state index in [1.165, 1.54) is 23.1 Å². The van der Waals surface area contributed by atoms with Crippen LogP contribution in [0, 0.1) is 0 Å². The molecular weight excluding hydrogens is 313 g/mol. The van der Waals surface area contributed by atoms with Crippen LogP contribution in [0.1, 0.15) is 10.4 Å². The number of nitrogens with two attached hydrogens (primary N) is 1. The van der Waals surface area contributed by atoms with Crippen LogP contribution in [0.3, 0.4) is 0 Å². The van der Waals surface area contributed by atoms with Crippen LogP contribution in [-0.4, -0.2) is 21.7 Å². The summed E-state index contributed by atoms with van der Waals surface area (Å²) in [5, 5.41) is 8.73. The zero-order valence-corrected chi connectivity index (χ0v) is 12.0. The number of benzene rings is 1. The number of rotatable bonds is 4. The number of halogens is 2. The van der Waals surface area contributed by atoms with Gasteiger partial charge in [0.05, 0.1) is 10.8 Å². The first kappa shape index (κ1) is 13.6. The molecule has 0 spiro atoms. The average molecular weight is 320 g/mol. The van der Waals surface area contributed by atoms with E-state index in [1.807, 2.05) is 0 Å². The van der Waals surface area contributed by atoms with E-state index in [9.17, 15) is 4.79 Å². The van der Waals surface area contributed by atoms with Gasteiger partial charge in [-0.25, -0.2) is 0 Å². The molecule has 0 saturated carbocycles. The van der Waals surface area contributed by atoms with Crippen LogP contribution in [0.25, 0.3) is 0 Å². The van der Waals surface area contributed by atoms with Gasteiger partial charge in [0, 0.05) is 10.6 Å². The fourth-order valence-corrected chi connectivity index (χ4v) is 3.11. The molecule has 0 atom stereocenters. The molecule has 4 nitrogen and oxygen atoms in total. The Balaban J connectivity index is 2.05. The molecule has 0 aliphatic rings. The van der Waals surface area contributed by atoms with E-state index in [-0.39, 0.29) is 11.5 Å². The molecule has 0 aliphatic carbocycles. The second-order valence-electron chi connectivity index (χ2n) is 3.24. The molecule has 0 unspecified atom stereocenters. The van der Waals surface area contributed by atoms with Crippen molar-refractivity contribution in [3.8, 4) is 0 Å². The Morgan fingerprint density at radius 2 is 2.17 bits per heavy atom. The molecule has 0 aliphatic heterocycles. The molecule has 0 radical (unpaired) electrons. The molecule has 1 aromatic heterocycles. The summed E-state index contributed by atoms with van der Waals surface area (Å²) in [6.45, 7) is 0. The third-order valence-corrected chi connectivity index (χ3v) is 4.43. The van der Waals surface area contributed by atoms with Crippen LogP contribution in [0.2, 0.25) is 10.0 Å². The van der Waals surface area contributed by atoms with Gasteiger partial charge in [-0.2, -0.15) is 0 Å². The molecule has 1 heterocycles. The van der Waals surface area contributed by atoms with E-state index in [0.717, 1.165) is 0 Å². The normalized spacial score (nSPS) is 10.6. The van der Waals surface area contributed by atoms with Gasteiger partial charge in [0.25, 0.3) is 0 Å². The fraction of sp³-hybridized carbons (Fsp3) is 0.100. The number of nitrogens with zero attached hydrogens (tertiary/aromatic N) is 2. The number of hydrogen-bond acceptors (Lipinski definition) is 6. The molecule has 0 saturated heterocycles. The van der Waals surface area contributed by atoms with Crippen LogP contribution in [-0.2, 0) is 0 Å². The van der Waals surface area contributed by atoms with Gasteiger partial charge in [-0.1, -0.05) is 46.3 Å². The molecule has 2 rings (SSSR count). The summed E-state index contributed by atoms with van der Waals surface area (Å²) in [7, 11) is 0. The summed E-state index contributed by atoms with van der Waals surface area (Å²) in [4.78, 5) is 12.0. The van der Waals surface area contributed by atoms with E-state index in [2.05, 4.69) is 10.2 Å². The maximum atomic E-state index is 12.0. The Morgan fingerprint density at radius 3 is 2.83 bits per heavy atom. The molecule has 94 valence electrons. The van der Waals surface area contributed by atoms with Crippen LogP contribution < -0.4 is 5.73 Å². The number of aromatic nitrogens is 2. The summed E-state index contributed by atoms with van der Waals surface area (Å²) >= 11 is 14.3. The third-order valence-electron chi connectivity index (χ3n) is 1.98. The number of anilines is 1. The molecular formula is C10H7Cl2N3OS2. The quantitative estimate of drug-likeness (QED) is 0.691. The first-order valence-electron chi connectivity index (χ1n) is 4.76. The molecule has 8 heteroatoms. The zero-order chi connectivity index (χ0) is 13.1. The molecule has 2 N–H and O–H groups in total. The van der Waals surface area contributed by atoms with Crippen molar-refractivity contribution >= 4 is 57.2 Å². The first-order chi connectivity index (χ1) is 8.56. The molecule has 1 aromatic carbocycles. The number of hydrogen-bond donors (Lipinski definition) is 1. The van der Waals surface area contributed by atoms with E-state index in [1.54, 1.807) is 18.2 Å². The van der Waals surface area contributed by atoms with Crippen molar-refractivity contribution in [1.82, 2.24) is 10.2 Å². The molecule has 0 fully saturated rings. The van der Waals surface area contributed by atoms with E-state index in [4.69, 9.17) is 28.9 Å². The highest BCUT2D eigenvalue weighted by Gasteiger charge is 2.13. The van der Waals surface area contributed by atoms with Crippen molar-refractivity contribution in [3.63, 3.8) is 0 Å². The van der Waals surface area contributed by atoms with Gasteiger partial charge in [-0.05, 0) is 18.2 Å². The van der Waals surface area contributed by atoms with Crippen molar-refractivity contribution in [3.05, 3.63) is 33.8 Å². The Labute approximate surface area is 121 Å². The highest BCUT2D eigenvalue weighted by Crippen LogP contribution is 2.26.